The van der Waals surface area contributed by atoms with Crippen molar-refractivity contribution in [1.82, 2.24) is 20.1 Å². The van der Waals surface area contributed by atoms with Gasteiger partial charge in [-0.05, 0) is 31.9 Å². The second-order valence-electron chi connectivity index (χ2n) is 6.39. The van der Waals surface area contributed by atoms with Crippen LogP contribution in [-0.4, -0.2) is 38.3 Å². The highest BCUT2D eigenvalue weighted by Crippen LogP contribution is 2.42. The summed E-state index contributed by atoms with van der Waals surface area (Å²) in [7, 11) is 0. The van der Waals surface area contributed by atoms with Crippen LogP contribution in [-0.2, 0) is 0 Å². The van der Waals surface area contributed by atoms with E-state index in [1.807, 2.05) is 16.4 Å². The van der Waals surface area contributed by atoms with Crippen LogP contribution in [0.2, 0.25) is 0 Å². The van der Waals surface area contributed by atoms with E-state index < -0.39 is 0 Å². The van der Waals surface area contributed by atoms with Gasteiger partial charge in [0.15, 0.2) is 0 Å². The molecule has 2 aliphatic carbocycles. The number of nitrogens with one attached hydrogen (secondary N) is 2. The Morgan fingerprint density at radius 3 is 2.77 bits per heavy atom. The molecular formula is C15H25N5OS. The average Bonchev–Trinajstić information content (AvgIpc) is 2.96. The molecule has 1 heterocycles. The van der Waals surface area contributed by atoms with Crippen molar-refractivity contribution in [1.29, 1.82) is 0 Å². The Bertz CT molecular complexity index is 502. The topological polar surface area (TPSA) is 71.8 Å². The molecule has 122 valence electrons. The SMILES string of the molecule is CSC1(CNC(=O)Nc2ncn(C3CCCCC3)n2)CCC1. The third-order valence-electron chi connectivity index (χ3n) is 4.95. The lowest BCUT2D eigenvalue weighted by molar-refractivity contribution is 0.247. The number of thioether (sulfide) groups is 1. The second-order valence-corrected chi connectivity index (χ2v) is 7.66. The van der Waals surface area contributed by atoms with Gasteiger partial charge in [0.2, 0.25) is 5.95 Å². The van der Waals surface area contributed by atoms with Crippen molar-refractivity contribution in [2.45, 2.75) is 62.2 Å². The van der Waals surface area contributed by atoms with Crippen LogP contribution in [0.3, 0.4) is 0 Å². The molecule has 2 N–H and O–H groups in total. The van der Waals surface area contributed by atoms with E-state index >= 15 is 0 Å². The largest absolute Gasteiger partial charge is 0.336 e. The van der Waals surface area contributed by atoms with Crippen molar-refractivity contribution in [3.63, 3.8) is 0 Å². The number of rotatable bonds is 5. The predicted octanol–water partition coefficient (Wildman–Crippen LogP) is 3.19. The van der Waals surface area contributed by atoms with Crippen LogP contribution in [0, 0.1) is 0 Å². The van der Waals surface area contributed by atoms with Gasteiger partial charge in [-0.2, -0.15) is 11.8 Å². The molecular weight excluding hydrogens is 298 g/mol. The molecule has 1 aromatic heterocycles. The maximum Gasteiger partial charge on any atom is 0.321 e. The first-order chi connectivity index (χ1) is 10.7. The highest BCUT2D eigenvalue weighted by atomic mass is 32.2. The Hall–Kier alpha value is -1.24. The molecule has 0 aromatic carbocycles. The summed E-state index contributed by atoms with van der Waals surface area (Å²) in [4.78, 5) is 16.2. The first-order valence-electron chi connectivity index (χ1n) is 8.22. The number of nitrogens with zero attached hydrogens (tertiary/aromatic N) is 3. The van der Waals surface area contributed by atoms with Crippen LogP contribution in [0.25, 0.3) is 0 Å². The van der Waals surface area contributed by atoms with Gasteiger partial charge >= 0.3 is 6.03 Å². The van der Waals surface area contributed by atoms with Gasteiger partial charge in [0.1, 0.15) is 6.33 Å². The van der Waals surface area contributed by atoms with Crippen LogP contribution >= 0.6 is 11.8 Å². The van der Waals surface area contributed by atoms with Crippen molar-refractivity contribution >= 4 is 23.7 Å². The summed E-state index contributed by atoms with van der Waals surface area (Å²) in [5, 5.41) is 10.1. The summed E-state index contributed by atoms with van der Waals surface area (Å²) in [5.41, 5.74) is 0. The number of aromatic nitrogens is 3. The maximum atomic E-state index is 12.0. The lowest BCUT2D eigenvalue weighted by atomic mass is 9.84. The second kappa shape index (κ2) is 6.89. The van der Waals surface area contributed by atoms with E-state index in [1.54, 1.807) is 6.33 Å². The minimum atomic E-state index is -0.207. The van der Waals surface area contributed by atoms with Gasteiger partial charge in [0, 0.05) is 11.3 Å². The molecule has 3 rings (SSSR count). The summed E-state index contributed by atoms with van der Waals surface area (Å²) in [6, 6.07) is 0.233. The molecule has 22 heavy (non-hydrogen) atoms. The Morgan fingerprint density at radius 1 is 1.36 bits per heavy atom. The molecule has 0 unspecified atom stereocenters. The predicted molar refractivity (Wildman–Crippen MR) is 89.3 cm³/mol. The average molecular weight is 323 g/mol. The monoisotopic (exact) mass is 323 g/mol. The summed E-state index contributed by atoms with van der Waals surface area (Å²) in [5.74, 6) is 0.398. The summed E-state index contributed by atoms with van der Waals surface area (Å²) in [6.45, 7) is 0.712. The van der Waals surface area contributed by atoms with E-state index in [4.69, 9.17) is 0 Å². The van der Waals surface area contributed by atoms with E-state index in [9.17, 15) is 4.79 Å². The number of urea groups is 1. The first-order valence-corrected chi connectivity index (χ1v) is 9.44. The summed E-state index contributed by atoms with van der Waals surface area (Å²) >= 11 is 1.85. The Kier molecular flexibility index (Phi) is 4.90. The zero-order valence-corrected chi connectivity index (χ0v) is 14.0. The van der Waals surface area contributed by atoms with Gasteiger partial charge in [-0.15, -0.1) is 5.10 Å². The molecule has 0 saturated heterocycles. The number of carbonyl (C=O) groups is 1. The minimum absolute atomic E-state index is 0.207. The van der Waals surface area contributed by atoms with Gasteiger partial charge in [0.25, 0.3) is 0 Å². The number of amides is 2. The van der Waals surface area contributed by atoms with Crippen LogP contribution < -0.4 is 10.6 Å². The third-order valence-corrected chi connectivity index (χ3v) is 6.37. The fraction of sp³-hybridized carbons (Fsp3) is 0.800. The van der Waals surface area contributed by atoms with Crippen LogP contribution in [0.5, 0.6) is 0 Å². The zero-order valence-electron chi connectivity index (χ0n) is 13.2. The molecule has 2 fully saturated rings. The van der Waals surface area contributed by atoms with Crippen LogP contribution in [0.4, 0.5) is 10.7 Å². The van der Waals surface area contributed by atoms with Gasteiger partial charge in [-0.3, -0.25) is 5.32 Å². The molecule has 0 radical (unpaired) electrons. The van der Waals surface area contributed by atoms with Gasteiger partial charge in [0.05, 0.1) is 6.04 Å². The van der Waals surface area contributed by atoms with Crippen molar-refractivity contribution < 1.29 is 4.79 Å². The highest BCUT2D eigenvalue weighted by molar-refractivity contribution is 8.00. The minimum Gasteiger partial charge on any atom is -0.336 e. The van der Waals surface area contributed by atoms with Crippen molar-refractivity contribution in [3.8, 4) is 0 Å². The third kappa shape index (κ3) is 3.56. The molecule has 0 bridgehead atoms. The Labute approximate surface area is 135 Å². The molecule has 2 saturated carbocycles. The Balaban J connectivity index is 1.48. The quantitative estimate of drug-likeness (QED) is 0.873. The van der Waals surface area contributed by atoms with Gasteiger partial charge < -0.3 is 5.32 Å². The normalized spacial score (nSPS) is 21.1. The molecule has 0 atom stereocenters. The van der Waals surface area contributed by atoms with Crippen molar-refractivity contribution in [2.24, 2.45) is 0 Å². The summed E-state index contributed by atoms with van der Waals surface area (Å²) < 4.78 is 2.15. The highest BCUT2D eigenvalue weighted by Gasteiger charge is 2.36. The molecule has 0 aliphatic heterocycles. The standard InChI is InChI=1S/C15H25N5OS/c1-22-15(8-5-9-15)10-16-14(21)18-13-17-11-20(19-13)12-6-3-2-4-7-12/h11-12H,2-10H2,1H3,(H2,16,18,19,21). The molecule has 7 heteroatoms. The lowest BCUT2D eigenvalue weighted by Crippen LogP contribution is -2.46. The van der Waals surface area contributed by atoms with Crippen LogP contribution in [0.1, 0.15) is 57.4 Å². The van der Waals surface area contributed by atoms with Crippen molar-refractivity contribution in [2.75, 3.05) is 18.1 Å². The molecule has 6 nitrogen and oxygen atoms in total. The fourth-order valence-electron chi connectivity index (χ4n) is 3.26. The van der Waals surface area contributed by atoms with E-state index in [2.05, 4.69) is 27.0 Å². The number of anilines is 1. The summed E-state index contributed by atoms with van der Waals surface area (Å²) in [6.07, 6.45) is 13.6. The molecule has 0 spiro atoms. The van der Waals surface area contributed by atoms with Crippen molar-refractivity contribution in [3.05, 3.63) is 6.33 Å². The molecule has 2 aliphatic rings. The number of hydrogen-bond donors (Lipinski definition) is 2. The zero-order chi connectivity index (χ0) is 15.4. The number of carbonyl (C=O) groups excluding carboxylic acids is 1. The molecule has 2 amide bonds. The number of hydrogen-bond acceptors (Lipinski definition) is 4. The fourth-order valence-corrected chi connectivity index (χ4v) is 4.18. The van der Waals surface area contributed by atoms with E-state index in [0.29, 0.717) is 18.5 Å². The van der Waals surface area contributed by atoms with Gasteiger partial charge in [-0.1, -0.05) is 25.7 Å². The Morgan fingerprint density at radius 2 is 2.14 bits per heavy atom. The van der Waals surface area contributed by atoms with E-state index in [-0.39, 0.29) is 10.8 Å². The van der Waals surface area contributed by atoms with E-state index in [0.717, 1.165) is 12.8 Å². The molecule has 1 aromatic rings. The maximum absolute atomic E-state index is 12.0. The van der Waals surface area contributed by atoms with Gasteiger partial charge in [-0.25, -0.2) is 14.5 Å². The lowest BCUT2D eigenvalue weighted by Gasteiger charge is -2.40. The van der Waals surface area contributed by atoms with Crippen LogP contribution in [0.15, 0.2) is 6.33 Å². The smallest absolute Gasteiger partial charge is 0.321 e. The van der Waals surface area contributed by atoms with E-state index in [1.165, 1.54) is 38.5 Å². The first kappa shape index (κ1) is 15.6.